The van der Waals surface area contributed by atoms with Crippen LogP contribution in [0, 0.1) is 0 Å². The van der Waals surface area contributed by atoms with Crippen LogP contribution in [0.3, 0.4) is 0 Å². The van der Waals surface area contributed by atoms with Gasteiger partial charge < -0.3 is 9.84 Å². The van der Waals surface area contributed by atoms with Crippen LogP contribution in [0.15, 0.2) is 48.5 Å². The Labute approximate surface area is 154 Å². The van der Waals surface area contributed by atoms with Crippen LogP contribution in [0.1, 0.15) is 36.7 Å². The minimum absolute atomic E-state index is 0.151. The fourth-order valence-corrected chi connectivity index (χ4v) is 2.93. The molecule has 0 aromatic heterocycles. The highest BCUT2D eigenvalue weighted by molar-refractivity contribution is 6.32. The number of carboxylic acid groups (broad SMARTS) is 1. The Kier molecular flexibility index (Phi) is 6.85. The summed E-state index contributed by atoms with van der Waals surface area (Å²) < 4.78 is 5.84. The normalized spacial score (nSPS) is 12.4. The number of aromatic carboxylic acids is 1. The molecule has 134 valence electrons. The fraction of sp³-hybridized carbons (Fsp3) is 0.350. The van der Waals surface area contributed by atoms with Crippen LogP contribution in [0.4, 0.5) is 0 Å². The Morgan fingerprint density at radius 2 is 1.84 bits per heavy atom. The standard InChI is InChI=1S/C20H24ClNO3/c1-14(2)22(12-16-7-5-4-6-8-16)15(3)13-25-19-10-9-17(20(23)24)11-18(19)21/h4-11,14-15H,12-13H2,1-3H3,(H,23,24)/t15-/m0/s1. The molecule has 0 saturated carbocycles. The second-order valence-corrected chi connectivity index (χ2v) is 6.77. The number of rotatable bonds is 8. The lowest BCUT2D eigenvalue weighted by Crippen LogP contribution is -2.41. The van der Waals surface area contributed by atoms with Gasteiger partial charge in [-0.05, 0) is 44.5 Å². The number of benzene rings is 2. The highest BCUT2D eigenvalue weighted by Crippen LogP contribution is 2.26. The molecule has 0 saturated heterocycles. The number of hydrogen-bond donors (Lipinski definition) is 1. The summed E-state index contributed by atoms with van der Waals surface area (Å²) in [5, 5.41) is 9.30. The highest BCUT2D eigenvalue weighted by atomic mass is 35.5. The molecule has 0 heterocycles. The maximum atomic E-state index is 11.0. The Hall–Kier alpha value is -2.04. The van der Waals surface area contributed by atoms with Gasteiger partial charge in [-0.15, -0.1) is 0 Å². The van der Waals surface area contributed by atoms with Gasteiger partial charge in [0.05, 0.1) is 10.6 Å². The maximum Gasteiger partial charge on any atom is 0.335 e. The summed E-state index contributed by atoms with van der Waals surface area (Å²) >= 11 is 6.13. The van der Waals surface area contributed by atoms with Crippen molar-refractivity contribution in [3.05, 3.63) is 64.7 Å². The van der Waals surface area contributed by atoms with Crippen molar-refractivity contribution in [1.29, 1.82) is 0 Å². The molecular weight excluding hydrogens is 338 g/mol. The monoisotopic (exact) mass is 361 g/mol. The molecule has 1 atom stereocenters. The first kappa shape index (κ1) is 19.3. The SMILES string of the molecule is CC(C)N(Cc1ccccc1)[C@@H](C)COc1ccc(C(=O)O)cc1Cl. The minimum atomic E-state index is -1.00. The zero-order chi connectivity index (χ0) is 18.4. The van der Waals surface area contributed by atoms with E-state index in [1.165, 1.54) is 17.7 Å². The summed E-state index contributed by atoms with van der Waals surface area (Å²) in [4.78, 5) is 13.3. The Morgan fingerprint density at radius 3 is 2.40 bits per heavy atom. The Bertz CT molecular complexity index is 703. The predicted molar refractivity (Wildman–Crippen MR) is 100 cm³/mol. The van der Waals surface area contributed by atoms with E-state index < -0.39 is 5.97 Å². The van der Waals surface area contributed by atoms with E-state index in [0.717, 1.165) is 6.54 Å². The molecule has 0 radical (unpaired) electrons. The first-order valence-electron chi connectivity index (χ1n) is 8.33. The van der Waals surface area contributed by atoms with Crippen LogP contribution < -0.4 is 4.74 Å². The molecule has 0 aliphatic rings. The molecule has 0 bridgehead atoms. The van der Waals surface area contributed by atoms with Crippen molar-refractivity contribution >= 4 is 17.6 Å². The molecule has 4 nitrogen and oxygen atoms in total. The first-order chi connectivity index (χ1) is 11.9. The summed E-state index contributed by atoms with van der Waals surface area (Å²) in [6.07, 6.45) is 0. The molecule has 0 unspecified atom stereocenters. The molecule has 25 heavy (non-hydrogen) atoms. The number of nitrogens with zero attached hydrogens (tertiary/aromatic N) is 1. The molecule has 0 amide bonds. The summed E-state index contributed by atoms with van der Waals surface area (Å²) in [6.45, 7) is 7.75. The molecule has 0 fully saturated rings. The zero-order valence-corrected chi connectivity index (χ0v) is 15.5. The lowest BCUT2D eigenvalue weighted by Gasteiger charge is -2.32. The van der Waals surface area contributed by atoms with Gasteiger partial charge in [0.2, 0.25) is 0 Å². The van der Waals surface area contributed by atoms with E-state index in [1.54, 1.807) is 6.07 Å². The van der Waals surface area contributed by atoms with Gasteiger partial charge >= 0.3 is 5.97 Å². The molecule has 1 N–H and O–H groups in total. The van der Waals surface area contributed by atoms with Crippen molar-refractivity contribution in [2.45, 2.75) is 39.4 Å². The number of carbonyl (C=O) groups is 1. The number of carboxylic acids is 1. The molecular formula is C20H24ClNO3. The predicted octanol–water partition coefficient (Wildman–Crippen LogP) is 4.72. The average molecular weight is 362 g/mol. The van der Waals surface area contributed by atoms with Crippen molar-refractivity contribution in [3.8, 4) is 5.75 Å². The smallest absolute Gasteiger partial charge is 0.335 e. The lowest BCUT2D eigenvalue weighted by molar-refractivity contribution is 0.0696. The van der Waals surface area contributed by atoms with Gasteiger partial charge in [0.25, 0.3) is 0 Å². The quantitative estimate of drug-likeness (QED) is 0.739. The summed E-state index contributed by atoms with van der Waals surface area (Å²) in [5.74, 6) is -0.502. The molecule has 2 aromatic carbocycles. The van der Waals surface area contributed by atoms with Crippen molar-refractivity contribution in [2.24, 2.45) is 0 Å². The van der Waals surface area contributed by atoms with Crippen LogP contribution in [0.2, 0.25) is 5.02 Å². The summed E-state index contributed by atoms with van der Waals surface area (Å²) in [7, 11) is 0. The zero-order valence-electron chi connectivity index (χ0n) is 14.8. The van der Waals surface area contributed by atoms with Crippen molar-refractivity contribution < 1.29 is 14.6 Å². The van der Waals surface area contributed by atoms with Gasteiger partial charge in [-0.3, -0.25) is 4.90 Å². The first-order valence-corrected chi connectivity index (χ1v) is 8.71. The van der Waals surface area contributed by atoms with E-state index in [0.29, 0.717) is 23.4 Å². The van der Waals surface area contributed by atoms with Crippen molar-refractivity contribution in [2.75, 3.05) is 6.61 Å². The topological polar surface area (TPSA) is 49.8 Å². The summed E-state index contributed by atoms with van der Waals surface area (Å²) in [6, 6.07) is 15.4. The molecule has 2 rings (SSSR count). The van der Waals surface area contributed by atoms with E-state index in [-0.39, 0.29) is 11.6 Å². The second-order valence-electron chi connectivity index (χ2n) is 6.36. The molecule has 0 aliphatic carbocycles. The van der Waals surface area contributed by atoms with Gasteiger partial charge in [-0.25, -0.2) is 4.79 Å². The van der Waals surface area contributed by atoms with Gasteiger partial charge in [0.15, 0.2) is 0 Å². The average Bonchev–Trinajstić information content (AvgIpc) is 2.58. The van der Waals surface area contributed by atoms with Gasteiger partial charge in [0.1, 0.15) is 12.4 Å². The highest BCUT2D eigenvalue weighted by Gasteiger charge is 2.19. The van der Waals surface area contributed by atoms with Gasteiger partial charge in [-0.1, -0.05) is 41.9 Å². The molecule has 0 spiro atoms. The van der Waals surface area contributed by atoms with Gasteiger partial charge in [-0.2, -0.15) is 0 Å². The molecule has 5 heteroatoms. The second kappa shape index (κ2) is 8.88. The van der Waals surface area contributed by atoms with Crippen LogP contribution in [0.25, 0.3) is 0 Å². The number of hydrogen-bond acceptors (Lipinski definition) is 3. The number of ether oxygens (including phenoxy) is 1. The van der Waals surface area contributed by atoms with Crippen LogP contribution >= 0.6 is 11.6 Å². The van der Waals surface area contributed by atoms with E-state index in [4.69, 9.17) is 21.4 Å². The summed E-state index contributed by atoms with van der Waals surface area (Å²) in [5.41, 5.74) is 1.41. The van der Waals surface area contributed by atoms with Crippen molar-refractivity contribution in [1.82, 2.24) is 4.90 Å². The van der Waals surface area contributed by atoms with Crippen molar-refractivity contribution in [3.63, 3.8) is 0 Å². The van der Waals surface area contributed by atoms with Crippen LogP contribution in [0.5, 0.6) is 5.75 Å². The molecule has 0 aliphatic heterocycles. The Morgan fingerprint density at radius 1 is 1.16 bits per heavy atom. The third kappa shape index (κ3) is 5.48. The van der Waals surface area contributed by atoms with Gasteiger partial charge in [0, 0.05) is 18.6 Å². The Balaban J connectivity index is 2.01. The third-order valence-electron chi connectivity index (χ3n) is 4.10. The minimum Gasteiger partial charge on any atom is -0.490 e. The third-order valence-corrected chi connectivity index (χ3v) is 4.39. The maximum absolute atomic E-state index is 11.0. The fourth-order valence-electron chi connectivity index (χ4n) is 2.70. The van der Waals surface area contributed by atoms with E-state index >= 15 is 0 Å². The van der Waals surface area contributed by atoms with E-state index in [2.05, 4.69) is 37.8 Å². The lowest BCUT2D eigenvalue weighted by atomic mass is 10.1. The van der Waals surface area contributed by atoms with Crippen LogP contribution in [-0.4, -0.2) is 34.7 Å². The number of halogens is 1. The van der Waals surface area contributed by atoms with E-state index in [1.807, 2.05) is 18.2 Å². The van der Waals surface area contributed by atoms with Crippen LogP contribution in [-0.2, 0) is 6.54 Å². The van der Waals surface area contributed by atoms with E-state index in [9.17, 15) is 4.79 Å². The largest absolute Gasteiger partial charge is 0.490 e. The molecule has 2 aromatic rings.